The average Bonchev–Trinajstić information content (AvgIpc) is 3.85. The van der Waals surface area contributed by atoms with E-state index < -0.39 is 96.3 Å². The Balaban J connectivity index is 0.946. The van der Waals surface area contributed by atoms with Crippen molar-refractivity contribution in [1.29, 1.82) is 0 Å². The highest BCUT2D eigenvalue weighted by molar-refractivity contribution is 6.13. The number of anilines is 2. The highest BCUT2D eigenvalue weighted by Gasteiger charge is 2.51. The number of carbonyl (C=O) groups excluding carboxylic acids is 7. The van der Waals surface area contributed by atoms with Crippen LogP contribution >= 0.6 is 0 Å². The molecule has 3 aliphatic rings. The average molecular weight is 864 g/mol. The van der Waals surface area contributed by atoms with E-state index in [-0.39, 0.29) is 44.1 Å². The lowest BCUT2D eigenvalue weighted by atomic mass is 9.75. The molecule has 1 saturated carbocycles. The van der Waals surface area contributed by atoms with Gasteiger partial charge in [-0.15, -0.1) is 0 Å². The molecular weight excluding hydrogens is 814 g/mol. The first-order valence-corrected chi connectivity index (χ1v) is 19.9. The van der Waals surface area contributed by atoms with Crippen LogP contribution in [-0.2, 0) is 44.8 Å². The second-order valence-electron chi connectivity index (χ2n) is 15.5. The molecule has 7 atom stereocenters. The van der Waals surface area contributed by atoms with E-state index in [9.17, 15) is 48.9 Å². The number of hydrogen-bond donors (Lipinski definition) is 10. The van der Waals surface area contributed by atoms with Gasteiger partial charge in [0.05, 0.1) is 19.0 Å². The standard InChI is InChI=1S/C39H49N11O12/c1-19(2)27(46-24(52)11-14-50-25(53)9-10-26(50)54)35(58)44-20(3)34(57)45-22-7-5-21(6-8-22)16-61-38(60)49-39(12-4-13-39)37(59)47-28-23(15-51)62-36(31(56)30(28)55)48-33-29-32(41-17-40-29)42-18-43-33/h5-10,17-20,23,27-28,30-31,36,51,55-56H,4,11-16H2,1-3H3,(H,44,58)(H,45,57)(H,46,52)(H,47,59)(H,49,60)(H2,40,41,42,43,48)/t20-,23-,27-,28-,30+,31-,36-/m0/s1. The number of H-pyrrole nitrogens is 1. The maximum Gasteiger partial charge on any atom is 0.408 e. The van der Waals surface area contributed by atoms with Gasteiger partial charge in [-0.05, 0) is 49.8 Å². The van der Waals surface area contributed by atoms with Crippen molar-refractivity contribution >= 4 is 64.2 Å². The van der Waals surface area contributed by atoms with Crippen molar-refractivity contribution < 1.29 is 58.4 Å². The first-order chi connectivity index (χ1) is 29.6. The van der Waals surface area contributed by atoms with Crippen molar-refractivity contribution in [3.8, 4) is 0 Å². The van der Waals surface area contributed by atoms with Crippen molar-refractivity contribution in [3.63, 3.8) is 0 Å². The number of imide groups is 1. The molecule has 0 unspecified atom stereocenters. The Hall–Kier alpha value is -6.56. The van der Waals surface area contributed by atoms with Crippen molar-refractivity contribution in [1.82, 2.24) is 46.1 Å². The number of aliphatic hydroxyl groups is 3. The molecule has 0 spiro atoms. The van der Waals surface area contributed by atoms with Crippen molar-refractivity contribution in [2.75, 3.05) is 23.8 Å². The number of aromatic nitrogens is 4. The molecule has 2 aromatic heterocycles. The minimum atomic E-state index is -1.60. The van der Waals surface area contributed by atoms with Gasteiger partial charge >= 0.3 is 6.09 Å². The third-order valence-corrected chi connectivity index (χ3v) is 10.8. The fourth-order valence-electron chi connectivity index (χ4n) is 6.99. The fourth-order valence-corrected chi connectivity index (χ4v) is 6.99. The van der Waals surface area contributed by atoms with Gasteiger partial charge < -0.3 is 61.7 Å². The summed E-state index contributed by atoms with van der Waals surface area (Å²) in [4.78, 5) is 105. The smallest absolute Gasteiger partial charge is 0.408 e. The molecule has 0 bridgehead atoms. The van der Waals surface area contributed by atoms with Gasteiger partial charge in [0.15, 0.2) is 17.7 Å². The highest BCUT2D eigenvalue weighted by Crippen LogP contribution is 2.33. The van der Waals surface area contributed by atoms with E-state index in [0.29, 0.717) is 28.8 Å². The van der Waals surface area contributed by atoms with E-state index in [1.807, 2.05) is 0 Å². The zero-order valence-corrected chi connectivity index (χ0v) is 34.0. The van der Waals surface area contributed by atoms with Gasteiger partial charge in [-0.2, -0.15) is 0 Å². The van der Waals surface area contributed by atoms with Gasteiger partial charge in [-0.3, -0.25) is 33.7 Å². The third kappa shape index (κ3) is 10.3. The third-order valence-electron chi connectivity index (χ3n) is 10.8. The topological polar surface area (TPSA) is 329 Å². The maximum absolute atomic E-state index is 13.6. The molecule has 23 nitrogen and oxygen atoms in total. The summed E-state index contributed by atoms with van der Waals surface area (Å²) in [7, 11) is 0. The van der Waals surface area contributed by atoms with Crippen LogP contribution in [0.5, 0.6) is 0 Å². The number of fused-ring (bicyclic) bond motifs is 1. The molecule has 1 aliphatic carbocycles. The number of aliphatic hydroxyl groups excluding tert-OH is 3. The van der Waals surface area contributed by atoms with Crippen LogP contribution in [0.15, 0.2) is 49.1 Å². The number of ether oxygens (including phenoxy) is 2. The second kappa shape index (κ2) is 19.4. The number of aromatic amines is 1. The molecule has 6 rings (SSSR count). The normalized spacial score (nSPS) is 22.6. The number of nitrogens with zero attached hydrogens (tertiary/aromatic N) is 4. The zero-order chi connectivity index (χ0) is 44.7. The summed E-state index contributed by atoms with van der Waals surface area (Å²) >= 11 is 0. The summed E-state index contributed by atoms with van der Waals surface area (Å²) < 4.78 is 11.2. The molecule has 2 fully saturated rings. The number of amides is 7. The molecule has 7 amide bonds. The molecule has 23 heteroatoms. The van der Waals surface area contributed by atoms with Gasteiger partial charge in [-0.25, -0.2) is 19.7 Å². The van der Waals surface area contributed by atoms with E-state index in [2.05, 4.69) is 51.8 Å². The Morgan fingerprint density at radius 1 is 0.968 bits per heavy atom. The monoisotopic (exact) mass is 863 g/mol. The predicted molar refractivity (Wildman–Crippen MR) is 215 cm³/mol. The van der Waals surface area contributed by atoms with Crippen LogP contribution in [0, 0.1) is 5.92 Å². The molecule has 1 saturated heterocycles. The number of carbonyl (C=O) groups is 7. The van der Waals surface area contributed by atoms with Gasteiger partial charge in [0, 0.05) is 30.8 Å². The van der Waals surface area contributed by atoms with E-state index in [1.165, 1.54) is 19.6 Å². The molecule has 10 N–H and O–H groups in total. The van der Waals surface area contributed by atoms with Gasteiger partial charge in [0.1, 0.15) is 54.4 Å². The minimum absolute atomic E-state index is 0.146. The van der Waals surface area contributed by atoms with Crippen LogP contribution in [0.2, 0.25) is 0 Å². The first kappa shape index (κ1) is 45.0. The van der Waals surface area contributed by atoms with Crippen LogP contribution in [0.1, 0.15) is 52.0 Å². The summed E-state index contributed by atoms with van der Waals surface area (Å²) in [6.45, 7) is 3.91. The second-order valence-corrected chi connectivity index (χ2v) is 15.5. The van der Waals surface area contributed by atoms with E-state index in [4.69, 9.17) is 9.47 Å². The highest BCUT2D eigenvalue weighted by atomic mass is 16.6. The van der Waals surface area contributed by atoms with Crippen LogP contribution in [0.3, 0.4) is 0 Å². The van der Waals surface area contributed by atoms with Gasteiger partial charge in [0.2, 0.25) is 23.6 Å². The Morgan fingerprint density at radius 2 is 1.68 bits per heavy atom. The summed E-state index contributed by atoms with van der Waals surface area (Å²) in [6.07, 6.45) is -0.705. The molecule has 332 valence electrons. The lowest BCUT2D eigenvalue weighted by molar-refractivity contribution is -0.186. The van der Waals surface area contributed by atoms with Crippen molar-refractivity contribution in [2.24, 2.45) is 5.92 Å². The number of hydrogen-bond acceptors (Lipinski definition) is 16. The van der Waals surface area contributed by atoms with Crippen LogP contribution < -0.4 is 31.9 Å². The molecule has 1 aromatic carbocycles. The number of imidazole rings is 1. The predicted octanol–water partition coefficient (Wildman–Crippen LogP) is -1.56. The van der Waals surface area contributed by atoms with Gasteiger partial charge in [-0.1, -0.05) is 26.0 Å². The zero-order valence-electron chi connectivity index (χ0n) is 34.0. The van der Waals surface area contributed by atoms with E-state index in [0.717, 1.165) is 17.1 Å². The molecule has 0 radical (unpaired) electrons. The quantitative estimate of drug-likeness (QED) is 0.0686. The molecular formula is C39H49N11O12. The van der Waals surface area contributed by atoms with Crippen LogP contribution in [0.4, 0.5) is 16.3 Å². The fraction of sp³-hybridized carbons (Fsp3) is 0.487. The summed E-state index contributed by atoms with van der Waals surface area (Å²) in [5, 5.41) is 48.1. The lowest BCUT2D eigenvalue weighted by Gasteiger charge is -2.46. The molecule has 3 aromatic rings. The first-order valence-electron chi connectivity index (χ1n) is 19.9. The Kier molecular flexibility index (Phi) is 14.1. The molecule has 2 aliphatic heterocycles. The Labute approximate surface area is 353 Å². The van der Waals surface area contributed by atoms with Crippen molar-refractivity contribution in [2.45, 2.75) is 101 Å². The SMILES string of the molecule is CC(C)[C@H](NC(=O)CCN1C(=O)C=CC1=O)C(=O)N[C@@H](C)C(=O)Nc1ccc(COC(=O)NC2(C(=O)N[C@@H]3[C@@H](O)[C@H](O)[C@@H](Nc4ncnc5nc[nH]c45)O[C@H]3CO)CCC2)cc1. The lowest BCUT2D eigenvalue weighted by Crippen LogP contribution is -2.70. The number of rotatable bonds is 17. The van der Waals surface area contributed by atoms with Crippen molar-refractivity contribution in [3.05, 3.63) is 54.6 Å². The number of nitrogens with one attached hydrogen (secondary N) is 7. The van der Waals surface area contributed by atoms with E-state index in [1.54, 1.807) is 38.1 Å². The minimum Gasteiger partial charge on any atom is -0.445 e. The maximum atomic E-state index is 13.6. The van der Waals surface area contributed by atoms with Gasteiger partial charge in [0.25, 0.3) is 11.8 Å². The summed E-state index contributed by atoms with van der Waals surface area (Å²) in [6, 6.07) is 3.03. The van der Waals surface area contributed by atoms with E-state index >= 15 is 0 Å². The summed E-state index contributed by atoms with van der Waals surface area (Å²) in [5.74, 6) is -3.56. The van der Waals surface area contributed by atoms with Crippen LogP contribution in [0.25, 0.3) is 11.2 Å². The summed E-state index contributed by atoms with van der Waals surface area (Å²) in [5.41, 5.74) is 0.285. The number of alkyl carbamates (subject to hydrolysis) is 1. The Bertz CT molecular complexity index is 2170. The molecule has 62 heavy (non-hydrogen) atoms. The number of benzene rings is 1. The van der Waals surface area contributed by atoms with Crippen LogP contribution in [-0.4, -0.2) is 143 Å². The largest absolute Gasteiger partial charge is 0.445 e. The Morgan fingerprint density at radius 3 is 2.32 bits per heavy atom. The molecule has 4 heterocycles.